The van der Waals surface area contributed by atoms with Crippen molar-refractivity contribution in [1.29, 1.82) is 0 Å². The number of H-pyrrole nitrogens is 1. The topological polar surface area (TPSA) is 91.9 Å². The number of amides is 2. The number of ether oxygens (including phenoxy) is 1. The van der Waals surface area contributed by atoms with Gasteiger partial charge in [0, 0.05) is 23.6 Å². The van der Waals surface area contributed by atoms with Crippen LogP contribution in [0.25, 0.3) is 11.5 Å². The Morgan fingerprint density at radius 2 is 1.52 bits per heavy atom. The molecule has 0 atom stereocenters. The Bertz CT molecular complexity index is 1260. The van der Waals surface area contributed by atoms with Crippen molar-refractivity contribution in [1.82, 2.24) is 15.0 Å². The third-order valence-electron chi connectivity index (χ3n) is 4.31. The molecule has 0 aliphatic carbocycles. The fraction of sp³-hybridized carbons (Fsp3) is 0.0455. The molecule has 168 valence electrons. The Kier molecular flexibility index (Phi) is 5.94. The van der Waals surface area contributed by atoms with Gasteiger partial charge in [0.1, 0.15) is 28.7 Å². The number of rotatable bonds is 5. The van der Waals surface area contributed by atoms with Crippen LogP contribution in [-0.2, 0) is 6.18 Å². The number of carbonyl (C=O) groups is 1. The molecule has 4 rings (SSSR count). The van der Waals surface area contributed by atoms with E-state index in [0.717, 1.165) is 0 Å². The van der Waals surface area contributed by atoms with Crippen molar-refractivity contribution >= 4 is 17.4 Å². The average Bonchev–Trinajstić information content (AvgIpc) is 3.28. The zero-order valence-electron chi connectivity index (χ0n) is 16.7. The van der Waals surface area contributed by atoms with Crippen LogP contribution >= 0.6 is 0 Å². The molecule has 4 aromatic rings. The van der Waals surface area contributed by atoms with Crippen LogP contribution in [0.3, 0.4) is 0 Å². The van der Waals surface area contributed by atoms with Crippen LogP contribution in [0.5, 0.6) is 11.5 Å². The molecule has 0 radical (unpaired) electrons. The van der Waals surface area contributed by atoms with Gasteiger partial charge < -0.3 is 20.4 Å². The summed E-state index contributed by atoms with van der Waals surface area (Å²) >= 11 is 0. The standard InChI is InChI=1S/C22H15F4N5O2/c23-13-1-3-14(4-2-13)29-21(32)30-15-5-7-16(8-6-15)33-17-9-10-27-18(11-17)20-28-12-19(31-20)22(24,25)26/h1-12H,(H,28,31)(H2,29,30,32). The van der Waals surface area contributed by atoms with Gasteiger partial charge in [0.25, 0.3) is 0 Å². The molecule has 2 aromatic heterocycles. The SMILES string of the molecule is O=C(Nc1ccc(F)cc1)Nc1ccc(Oc2ccnc(-c3ncc(C(F)(F)F)[nH]3)c2)cc1. The van der Waals surface area contributed by atoms with Crippen LogP contribution in [0.15, 0.2) is 73.1 Å². The zero-order chi connectivity index (χ0) is 23.4. The molecule has 0 spiro atoms. The maximum absolute atomic E-state index is 12.9. The molecule has 2 heterocycles. The molecule has 0 fully saturated rings. The Morgan fingerprint density at radius 1 is 0.879 bits per heavy atom. The first-order chi connectivity index (χ1) is 15.8. The quantitative estimate of drug-likeness (QED) is 0.318. The van der Waals surface area contributed by atoms with Gasteiger partial charge in [-0.3, -0.25) is 4.98 Å². The zero-order valence-corrected chi connectivity index (χ0v) is 16.7. The number of benzene rings is 2. The number of nitrogens with one attached hydrogen (secondary N) is 3. The highest BCUT2D eigenvalue weighted by molar-refractivity contribution is 5.99. The summed E-state index contributed by atoms with van der Waals surface area (Å²) in [6, 6.07) is 14.2. The molecule has 11 heteroatoms. The molecule has 3 N–H and O–H groups in total. The van der Waals surface area contributed by atoms with Crippen molar-refractivity contribution in [3.05, 3.63) is 84.6 Å². The van der Waals surface area contributed by atoms with E-state index in [-0.39, 0.29) is 11.5 Å². The van der Waals surface area contributed by atoms with Crippen LogP contribution in [0.4, 0.5) is 33.7 Å². The lowest BCUT2D eigenvalue weighted by Gasteiger charge is -2.10. The third kappa shape index (κ3) is 5.64. The van der Waals surface area contributed by atoms with Crippen LogP contribution in [0.1, 0.15) is 5.69 Å². The fourth-order valence-electron chi connectivity index (χ4n) is 2.77. The molecule has 7 nitrogen and oxygen atoms in total. The number of hydrogen-bond acceptors (Lipinski definition) is 4. The molecule has 0 saturated heterocycles. The lowest BCUT2D eigenvalue weighted by atomic mass is 10.3. The van der Waals surface area contributed by atoms with Gasteiger partial charge >= 0.3 is 12.2 Å². The van der Waals surface area contributed by atoms with E-state index in [4.69, 9.17) is 4.74 Å². The molecule has 0 aliphatic heterocycles. The number of imidazole rings is 1. The summed E-state index contributed by atoms with van der Waals surface area (Å²) in [6.07, 6.45) is -2.45. The normalized spacial score (nSPS) is 11.2. The number of anilines is 2. The number of carbonyl (C=O) groups excluding carboxylic acids is 1. The average molecular weight is 457 g/mol. The minimum Gasteiger partial charge on any atom is -0.457 e. The second-order valence-corrected chi connectivity index (χ2v) is 6.73. The first-order valence-electron chi connectivity index (χ1n) is 9.46. The number of hydrogen-bond donors (Lipinski definition) is 3. The Balaban J connectivity index is 1.39. The van der Waals surface area contributed by atoms with Crippen molar-refractivity contribution in [2.24, 2.45) is 0 Å². The van der Waals surface area contributed by atoms with E-state index in [0.29, 0.717) is 29.1 Å². The highest BCUT2D eigenvalue weighted by atomic mass is 19.4. The van der Waals surface area contributed by atoms with Crippen LogP contribution in [0, 0.1) is 5.82 Å². The predicted molar refractivity (Wildman–Crippen MR) is 112 cm³/mol. The van der Waals surface area contributed by atoms with E-state index in [1.54, 1.807) is 30.3 Å². The second kappa shape index (κ2) is 8.99. The summed E-state index contributed by atoms with van der Waals surface area (Å²) < 4.78 is 56.9. The van der Waals surface area contributed by atoms with Crippen LogP contribution in [0.2, 0.25) is 0 Å². The molecule has 0 saturated carbocycles. The van der Waals surface area contributed by atoms with Crippen molar-refractivity contribution in [2.45, 2.75) is 6.18 Å². The molecular formula is C22H15F4N5O2. The van der Waals surface area contributed by atoms with Gasteiger partial charge in [-0.25, -0.2) is 14.2 Å². The van der Waals surface area contributed by atoms with Crippen molar-refractivity contribution in [3.8, 4) is 23.0 Å². The van der Waals surface area contributed by atoms with E-state index in [2.05, 4.69) is 25.6 Å². The van der Waals surface area contributed by atoms with Crippen molar-refractivity contribution in [3.63, 3.8) is 0 Å². The highest BCUT2D eigenvalue weighted by Gasteiger charge is 2.33. The number of urea groups is 1. The number of nitrogens with zero attached hydrogens (tertiary/aromatic N) is 2. The maximum Gasteiger partial charge on any atom is 0.432 e. The number of aromatic amines is 1. The summed E-state index contributed by atoms with van der Waals surface area (Å²) in [5.74, 6) is 0.305. The molecule has 0 aliphatic rings. The minimum atomic E-state index is -4.54. The van der Waals surface area contributed by atoms with Gasteiger partial charge in [0.05, 0.1) is 6.20 Å². The van der Waals surface area contributed by atoms with Gasteiger partial charge in [0.2, 0.25) is 0 Å². The van der Waals surface area contributed by atoms with E-state index < -0.39 is 23.7 Å². The highest BCUT2D eigenvalue weighted by Crippen LogP contribution is 2.30. The predicted octanol–water partition coefficient (Wildman–Crippen LogP) is 6.07. The summed E-state index contributed by atoms with van der Waals surface area (Å²) in [5, 5.41) is 5.20. The first-order valence-corrected chi connectivity index (χ1v) is 9.46. The summed E-state index contributed by atoms with van der Waals surface area (Å²) in [4.78, 5) is 22.0. The molecule has 33 heavy (non-hydrogen) atoms. The van der Waals surface area contributed by atoms with Crippen LogP contribution in [-0.4, -0.2) is 21.0 Å². The first kappa shape index (κ1) is 21.8. The Morgan fingerprint density at radius 3 is 2.12 bits per heavy atom. The smallest absolute Gasteiger partial charge is 0.432 e. The largest absolute Gasteiger partial charge is 0.457 e. The molecule has 0 bridgehead atoms. The molecule has 0 unspecified atom stereocenters. The third-order valence-corrected chi connectivity index (χ3v) is 4.31. The van der Waals surface area contributed by atoms with Crippen LogP contribution < -0.4 is 15.4 Å². The second-order valence-electron chi connectivity index (χ2n) is 6.73. The molecular weight excluding hydrogens is 442 g/mol. The number of alkyl halides is 3. The van der Waals surface area contributed by atoms with Gasteiger partial charge in [-0.2, -0.15) is 13.2 Å². The number of halogens is 4. The van der Waals surface area contributed by atoms with E-state index in [1.807, 2.05) is 0 Å². The summed E-state index contributed by atoms with van der Waals surface area (Å²) in [6.45, 7) is 0. The fourth-order valence-corrected chi connectivity index (χ4v) is 2.77. The maximum atomic E-state index is 12.9. The monoisotopic (exact) mass is 457 g/mol. The number of aromatic nitrogens is 3. The Labute approximate surface area is 184 Å². The summed E-state index contributed by atoms with van der Waals surface area (Å²) in [5.41, 5.74) is 0.116. The van der Waals surface area contributed by atoms with Gasteiger partial charge in [-0.15, -0.1) is 0 Å². The number of pyridine rings is 1. The molecule has 2 aromatic carbocycles. The molecule has 2 amide bonds. The van der Waals surface area contributed by atoms with Gasteiger partial charge in [0.15, 0.2) is 5.82 Å². The van der Waals surface area contributed by atoms with Gasteiger partial charge in [-0.05, 0) is 54.6 Å². The lowest BCUT2D eigenvalue weighted by molar-refractivity contribution is -0.140. The summed E-state index contributed by atoms with van der Waals surface area (Å²) in [7, 11) is 0. The van der Waals surface area contributed by atoms with E-state index in [9.17, 15) is 22.4 Å². The lowest BCUT2D eigenvalue weighted by Crippen LogP contribution is -2.19. The Hall–Kier alpha value is -4.41. The van der Waals surface area contributed by atoms with E-state index in [1.165, 1.54) is 36.5 Å². The van der Waals surface area contributed by atoms with Crippen molar-refractivity contribution < 1.29 is 27.1 Å². The van der Waals surface area contributed by atoms with Gasteiger partial charge in [-0.1, -0.05) is 0 Å². The van der Waals surface area contributed by atoms with E-state index >= 15 is 0 Å². The van der Waals surface area contributed by atoms with Crippen molar-refractivity contribution in [2.75, 3.05) is 10.6 Å². The minimum absolute atomic E-state index is 0.0421.